The summed E-state index contributed by atoms with van der Waals surface area (Å²) in [6.07, 6.45) is 22.5. The number of hydrogen-bond acceptors (Lipinski definition) is 8. The molecule has 0 bridgehead atoms. The largest absolute Gasteiger partial charge is 0.472 e. The molecule has 0 rings (SSSR count). The van der Waals surface area contributed by atoms with E-state index in [9.17, 15) is 19.0 Å². The summed E-state index contributed by atoms with van der Waals surface area (Å²) in [5.74, 6) is -1.34. The number of carbonyl (C=O) groups excluding carboxylic acids is 2. The standard InChI is InChI=1S/C31H58NO8P/c1-4-7-10-12-13-14-15-16-18-20-23-30(33)37-26-29(27-39-41(35,36)38-25-24-32)40-31(34)28(21-9-6-3)22-19-17-11-8-5-2/h13-14,19,22,28-29H,4-12,15-18,20-21,23-27,32H2,1-3H3,(H,35,36)/b14-13+,22-19-. The number of phosphoric ester groups is 1. The second-order valence-electron chi connectivity index (χ2n) is 10.4. The van der Waals surface area contributed by atoms with Crippen LogP contribution in [0, 0.1) is 5.92 Å². The van der Waals surface area contributed by atoms with Crippen LogP contribution in [0.4, 0.5) is 0 Å². The first kappa shape index (κ1) is 39.5. The molecule has 3 atom stereocenters. The van der Waals surface area contributed by atoms with Crippen molar-refractivity contribution in [3.8, 4) is 0 Å². The Balaban J connectivity index is 4.90. The molecule has 240 valence electrons. The Bertz CT molecular complexity index is 758. The fraction of sp³-hybridized carbons (Fsp3) is 0.806. The molecule has 0 saturated carbocycles. The predicted octanol–water partition coefficient (Wildman–Crippen LogP) is 7.56. The first-order chi connectivity index (χ1) is 19.8. The highest BCUT2D eigenvalue weighted by molar-refractivity contribution is 7.47. The maximum Gasteiger partial charge on any atom is 0.472 e. The van der Waals surface area contributed by atoms with Gasteiger partial charge in [-0.2, -0.15) is 0 Å². The first-order valence-electron chi connectivity index (χ1n) is 15.8. The minimum atomic E-state index is -4.39. The topological polar surface area (TPSA) is 134 Å². The fourth-order valence-electron chi connectivity index (χ4n) is 3.95. The van der Waals surface area contributed by atoms with Crippen molar-refractivity contribution in [2.45, 2.75) is 130 Å². The molecule has 9 nitrogen and oxygen atoms in total. The van der Waals surface area contributed by atoms with E-state index in [-0.39, 0.29) is 26.2 Å². The van der Waals surface area contributed by atoms with Gasteiger partial charge in [0.15, 0.2) is 6.10 Å². The lowest BCUT2D eigenvalue weighted by Crippen LogP contribution is -2.32. The second kappa shape index (κ2) is 27.3. The summed E-state index contributed by atoms with van der Waals surface area (Å²) in [6.45, 7) is 5.54. The maximum absolute atomic E-state index is 13.0. The van der Waals surface area contributed by atoms with Gasteiger partial charge >= 0.3 is 19.8 Å². The Hall–Kier alpha value is -1.51. The molecule has 10 heteroatoms. The average Bonchev–Trinajstić information content (AvgIpc) is 2.95. The summed E-state index contributed by atoms with van der Waals surface area (Å²) in [6, 6.07) is 0. The van der Waals surface area contributed by atoms with E-state index in [2.05, 4.69) is 32.9 Å². The van der Waals surface area contributed by atoms with Crippen LogP contribution >= 0.6 is 7.82 Å². The molecule has 0 aliphatic heterocycles. The Morgan fingerprint density at radius 2 is 1.41 bits per heavy atom. The number of esters is 2. The minimum Gasteiger partial charge on any atom is -0.462 e. The number of phosphoric acid groups is 1. The molecule has 0 heterocycles. The van der Waals surface area contributed by atoms with Crippen molar-refractivity contribution in [2.24, 2.45) is 11.7 Å². The molecule has 41 heavy (non-hydrogen) atoms. The van der Waals surface area contributed by atoms with E-state index in [4.69, 9.17) is 24.3 Å². The monoisotopic (exact) mass is 603 g/mol. The van der Waals surface area contributed by atoms with E-state index in [1.54, 1.807) is 0 Å². The third-order valence-corrected chi connectivity index (χ3v) is 7.40. The third-order valence-electron chi connectivity index (χ3n) is 6.42. The van der Waals surface area contributed by atoms with Crippen LogP contribution in [0.3, 0.4) is 0 Å². The summed E-state index contributed by atoms with van der Waals surface area (Å²) >= 11 is 0. The van der Waals surface area contributed by atoms with Crippen LogP contribution in [-0.2, 0) is 32.7 Å². The summed E-state index contributed by atoms with van der Waals surface area (Å²) < 4.78 is 32.9. The van der Waals surface area contributed by atoms with Crippen LogP contribution in [0.5, 0.6) is 0 Å². The van der Waals surface area contributed by atoms with Crippen LogP contribution in [0.2, 0.25) is 0 Å². The molecule has 0 spiro atoms. The number of rotatable bonds is 28. The number of hydrogen-bond donors (Lipinski definition) is 2. The molecule has 0 aromatic carbocycles. The van der Waals surface area contributed by atoms with E-state index in [0.717, 1.165) is 64.2 Å². The van der Waals surface area contributed by atoms with Crippen molar-refractivity contribution >= 4 is 19.8 Å². The van der Waals surface area contributed by atoms with E-state index in [0.29, 0.717) is 12.8 Å². The molecule has 0 radical (unpaired) electrons. The molecule has 3 N–H and O–H groups in total. The van der Waals surface area contributed by atoms with E-state index < -0.39 is 38.4 Å². The second-order valence-corrected chi connectivity index (χ2v) is 11.8. The molecule has 3 unspecified atom stereocenters. The van der Waals surface area contributed by atoms with Crippen molar-refractivity contribution in [3.05, 3.63) is 24.3 Å². The van der Waals surface area contributed by atoms with Crippen molar-refractivity contribution in [1.29, 1.82) is 0 Å². The Kier molecular flexibility index (Phi) is 26.3. The minimum absolute atomic E-state index is 0.0445. The van der Waals surface area contributed by atoms with Crippen molar-refractivity contribution in [1.82, 2.24) is 0 Å². The number of nitrogens with two attached hydrogens (primary N) is 1. The average molecular weight is 604 g/mol. The maximum atomic E-state index is 13.0. The molecule has 0 fully saturated rings. The quantitative estimate of drug-likeness (QED) is 0.0402. The van der Waals surface area contributed by atoms with Crippen molar-refractivity contribution in [2.75, 3.05) is 26.4 Å². The van der Waals surface area contributed by atoms with Crippen LogP contribution in [0.15, 0.2) is 24.3 Å². The molecule has 0 amide bonds. The van der Waals surface area contributed by atoms with Crippen LogP contribution in [0.25, 0.3) is 0 Å². The van der Waals surface area contributed by atoms with Gasteiger partial charge in [0.1, 0.15) is 6.61 Å². The van der Waals surface area contributed by atoms with Crippen LogP contribution in [-0.4, -0.2) is 49.3 Å². The zero-order chi connectivity index (χ0) is 30.6. The van der Waals surface area contributed by atoms with E-state index >= 15 is 0 Å². The lowest BCUT2D eigenvalue weighted by Gasteiger charge is -2.22. The van der Waals surface area contributed by atoms with Gasteiger partial charge < -0.3 is 20.1 Å². The summed E-state index contributed by atoms with van der Waals surface area (Å²) in [4.78, 5) is 35.2. The lowest BCUT2D eigenvalue weighted by molar-refractivity contribution is -0.163. The fourth-order valence-corrected chi connectivity index (χ4v) is 4.72. The van der Waals surface area contributed by atoms with Gasteiger partial charge in [0.25, 0.3) is 0 Å². The van der Waals surface area contributed by atoms with Crippen LogP contribution in [0.1, 0.15) is 124 Å². The summed E-state index contributed by atoms with van der Waals surface area (Å²) in [5.41, 5.74) is 5.33. The molecule has 0 saturated heterocycles. The highest BCUT2D eigenvalue weighted by atomic mass is 31.2. The number of carbonyl (C=O) groups is 2. The van der Waals surface area contributed by atoms with Gasteiger partial charge in [0.2, 0.25) is 0 Å². The molecule has 0 aromatic rings. The molecular weight excluding hydrogens is 545 g/mol. The SMILES string of the molecule is CCCCC/C=C\C(CCCC)C(=O)OC(COC(=O)CCCCC/C=C/CCCCC)COP(=O)(O)OCCN. The zero-order valence-corrected chi connectivity index (χ0v) is 26.8. The number of allylic oxidation sites excluding steroid dienone is 3. The summed E-state index contributed by atoms with van der Waals surface area (Å²) in [7, 11) is -4.39. The normalized spacial score (nSPS) is 14.8. The Morgan fingerprint density at radius 1 is 0.805 bits per heavy atom. The van der Waals surface area contributed by atoms with Gasteiger partial charge in [-0.1, -0.05) is 90.0 Å². The molecule has 0 aromatic heterocycles. The Labute approximate surface area is 249 Å². The highest BCUT2D eigenvalue weighted by Gasteiger charge is 2.27. The zero-order valence-electron chi connectivity index (χ0n) is 25.9. The van der Waals surface area contributed by atoms with Gasteiger partial charge in [0, 0.05) is 13.0 Å². The van der Waals surface area contributed by atoms with Crippen LogP contribution < -0.4 is 5.73 Å². The Morgan fingerprint density at radius 3 is 2.02 bits per heavy atom. The van der Waals surface area contributed by atoms with Crippen molar-refractivity contribution < 1.29 is 37.6 Å². The highest BCUT2D eigenvalue weighted by Crippen LogP contribution is 2.43. The van der Waals surface area contributed by atoms with Gasteiger partial charge in [0.05, 0.1) is 19.1 Å². The molecule has 0 aliphatic carbocycles. The number of unbranched alkanes of at least 4 members (excludes halogenated alkanes) is 10. The predicted molar refractivity (Wildman–Crippen MR) is 164 cm³/mol. The van der Waals surface area contributed by atoms with Crippen molar-refractivity contribution in [3.63, 3.8) is 0 Å². The lowest BCUT2D eigenvalue weighted by atomic mass is 10.0. The van der Waals surface area contributed by atoms with Gasteiger partial charge in [-0.05, 0) is 51.4 Å². The van der Waals surface area contributed by atoms with Gasteiger partial charge in [-0.15, -0.1) is 0 Å². The molecule has 0 aliphatic rings. The third kappa shape index (κ3) is 24.8. The van der Waals surface area contributed by atoms with Gasteiger partial charge in [-0.25, -0.2) is 4.57 Å². The molecular formula is C31H58NO8P. The first-order valence-corrected chi connectivity index (χ1v) is 17.3. The smallest absolute Gasteiger partial charge is 0.462 e. The number of ether oxygens (including phenoxy) is 2. The van der Waals surface area contributed by atoms with E-state index in [1.165, 1.54) is 19.3 Å². The summed E-state index contributed by atoms with van der Waals surface area (Å²) in [5, 5.41) is 0. The van der Waals surface area contributed by atoms with E-state index in [1.807, 2.05) is 12.2 Å². The van der Waals surface area contributed by atoms with Gasteiger partial charge in [-0.3, -0.25) is 18.6 Å².